The van der Waals surface area contributed by atoms with Gasteiger partial charge in [-0.25, -0.2) is 10.4 Å². The Morgan fingerprint density at radius 1 is 1.13 bits per heavy atom. The molecule has 3 aromatic rings. The monoisotopic (exact) mass is 412 g/mol. The van der Waals surface area contributed by atoms with Gasteiger partial charge in [0.05, 0.1) is 11.9 Å². The van der Waals surface area contributed by atoms with Crippen LogP contribution in [0.5, 0.6) is 0 Å². The van der Waals surface area contributed by atoms with Crippen molar-refractivity contribution >= 4 is 18.1 Å². The Hall–Kier alpha value is -4.25. The summed E-state index contributed by atoms with van der Waals surface area (Å²) >= 11 is 0. The molecule has 0 aliphatic carbocycles. The molecule has 0 unspecified atom stereocenters. The van der Waals surface area contributed by atoms with E-state index in [9.17, 15) is 14.9 Å². The largest absolute Gasteiger partial charge is 0.339 e. The van der Waals surface area contributed by atoms with Crippen LogP contribution in [0.4, 0.5) is 5.95 Å². The number of nitrogens with zero attached hydrogens (tertiary/aromatic N) is 4. The number of carbonyl (C=O) groups excluding carboxylic acids is 1. The van der Waals surface area contributed by atoms with Crippen LogP contribution < -0.4 is 11.0 Å². The first-order valence-electron chi connectivity index (χ1n) is 9.94. The predicted octanol–water partition coefficient (Wildman–Crippen LogP) is 2.99. The molecule has 0 spiro atoms. The third kappa shape index (κ3) is 4.51. The molecular weight excluding hydrogens is 392 g/mol. The number of hydrazone groups is 1. The summed E-state index contributed by atoms with van der Waals surface area (Å²) in [7, 11) is 0. The van der Waals surface area contributed by atoms with Crippen LogP contribution in [-0.4, -0.2) is 40.1 Å². The van der Waals surface area contributed by atoms with E-state index in [1.165, 1.54) is 0 Å². The van der Waals surface area contributed by atoms with Crippen LogP contribution >= 0.6 is 0 Å². The van der Waals surface area contributed by atoms with Crippen molar-refractivity contribution in [1.82, 2.24) is 14.9 Å². The normalized spacial score (nSPS) is 13.3. The molecule has 154 valence electrons. The minimum atomic E-state index is -0.543. The average molecular weight is 412 g/mol. The lowest BCUT2D eigenvalue weighted by Crippen LogP contribution is -2.27. The number of rotatable bonds is 5. The number of anilines is 1. The summed E-state index contributed by atoms with van der Waals surface area (Å²) in [6.07, 6.45) is 3.67. The minimum Gasteiger partial charge on any atom is -0.339 e. The number of benzene rings is 2. The van der Waals surface area contributed by atoms with Crippen LogP contribution in [0.1, 0.15) is 34.3 Å². The molecule has 2 N–H and O–H groups in total. The molecule has 2 aromatic carbocycles. The molecule has 1 aromatic heterocycles. The second-order valence-electron chi connectivity index (χ2n) is 7.11. The van der Waals surface area contributed by atoms with E-state index in [2.05, 4.69) is 20.5 Å². The van der Waals surface area contributed by atoms with E-state index in [0.29, 0.717) is 11.1 Å². The molecule has 1 amide bonds. The Morgan fingerprint density at radius 3 is 2.52 bits per heavy atom. The van der Waals surface area contributed by atoms with Gasteiger partial charge in [-0.1, -0.05) is 42.5 Å². The third-order valence-electron chi connectivity index (χ3n) is 5.01. The summed E-state index contributed by atoms with van der Waals surface area (Å²) in [5.41, 5.74) is 4.48. The molecule has 1 saturated heterocycles. The molecule has 1 aliphatic rings. The van der Waals surface area contributed by atoms with E-state index in [1.54, 1.807) is 42.6 Å². The zero-order chi connectivity index (χ0) is 21.6. The number of amides is 1. The average Bonchev–Trinajstić information content (AvgIpc) is 3.34. The fourth-order valence-electron chi connectivity index (χ4n) is 3.42. The number of hydrogen-bond donors (Lipinski definition) is 2. The third-order valence-corrected chi connectivity index (χ3v) is 5.01. The fraction of sp³-hybridized carbons (Fsp3) is 0.174. The highest BCUT2D eigenvalue weighted by Gasteiger charge is 2.19. The highest BCUT2D eigenvalue weighted by Crippen LogP contribution is 2.19. The van der Waals surface area contributed by atoms with Crippen molar-refractivity contribution in [1.29, 1.82) is 5.26 Å². The molecular formula is C23H20N6O2. The number of carbonyl (C=O) groups is 1. The number of aromatic nitrogens is 2. The van der Waals surface area contributed by atoms with Crippen LogP contribution in [-0.2, 0) is 0 Å². The summed E-state index contributed by atoms with van der Waals surface area (Å²) in [6, 6.07) is 18.1. The standard InChI is InChI=1S/C23H20N6O2/c24-14-19-20(17-6-2-1-3-7-17)26-23(27-21(19)30)28-25-15-16-8-10-18(11-9-16)22(31)29-12-4-5-13-29/h1-3,6-11,15H,4-5,12-13H2,(H2,26,27,28,30). The summed E-state index contributed by atoms with van der Waals surface area (Å²) < 4.78 is 0. The van der Waals surface area contributed by atoms with Crippen molar-refractivity contribution in [2.75, 3.05) is 18.5 Å². The second-order valence-corrected chi connectivity index (χ2v) is 7.11. The number of likely N-dealkylation sites (tertiary alicyclic amines) is 1. The summed E-state index contributed by atoms with van der Waals surface area (Å²) in [5, 5.41) is 13.4. The number of hydrogen-bond acceptors (Lipinski definition) is 6. The van der Waals surface area contributed by atoms with Crippen LogP contribution in [0.2, 0.25) is 0 Å². The molecule has 4 rings (SSSR count). The van der Waals surface area contributed by atoms with Crippen LogP contribution in [0.25, 0.3) is 11.3 Å². The fourth-order valence-corrected chi connectivity index (χ4v) is 3.42. The Labute approximate surface area is 178 Å². The van der Waals surface area contributed by atoms with Gasteiger partial charge >= 0.3 is 0 Å². The number of H-pyrrole nitrogens is 1. The Bertz CT molecular complexity index is 1200. The van der Waals surface area contributed by atoms with Crippen molar-refractivity contribution in [2.24, 2.45) is 5.10 Å². The maximum Gasteiger partial charge on any atom is 0.270 e. The second kappa shape index (κ2) is 9.05. The molecule has 31 heavy (non-hydrogen) atoms. The van der Waals surface area contributed by atoms with E-state index in [1.807, 2.05) is 29.2 Å². The Morgan fingerprint density at radius 2 is 1.84 bits per heavy atom. The van der Waals surface area contributed by atoms with E-state index in [4.69, 9.17) is 0 Å². The Kier molecular flexibility index (Phi) is 5.85. The first-order valence-corrected chi connectivity index (χ1v) is 9.94. The van der Waals surface area contributed by atoms with Gasteiger partial charge in [-0.3, -0.25) is 14.6 Å². The van der Waals surface area contributed by atoms with Crippen molar-refractivity contribution in [3.63, 3.8) is 0 Å². The predicted molar refractivity (Wildman–Crippen MR) is 118 cm³/mol. The minimum absolute atomic E-state index is 0.0481. The molecule has 0 atom stereocenters. The summed E-state index contributed by atoms with van der Waals surface area (Å²) in [4.78, 5) is 33.4. The van der Waals surface area contributed by atoms with Gasteiger partial charge in [0.25, 0.3) is 11.5 Å². The molecule has 0 bridgehead atoms. The van der Waals surface area contributed by atoms with Gasteiger partial charge in [-0.05, 0) is 30.5 Å². The maximum absolute atomic E-state index is 12.4. The zero-order valence-electron chi connectivity index (χ0n) is 16.7. The van der Waals surface area contributed by atoms with E-state index < -0.39 is 5.56 Å². The molecule has 1 fully saturated rings. The quantitative estimate of drug-likeness (QED) is 0.494. The van der Waals surface area contributed by atoms with Gasteiger partial charge in [-0.15, -0.1) is 0 Å². The van der Waals surface area contributed by atoms with Crippen molar-refractivity contribution < 1.29 is 4.79 Å². The lowest BCUT2D eigenvalue weighted by atomic mass is 10.1. The van der Waals surface area contributed by atoms with Gasteiger partial charge < -0.3 is 4.90 Å². The van der Waals surface area contributed by atoms with E-state index >= 15 is 0 Å². The maximum atomic E-state index is 12.4. The molecule has 0 radical (unpaired) electrons. The van der Waals surface area contributed by atoms with E-state index in [0.717, 1.165) is 31.5 Å². The number of nitrogens with one attached hydrogen (secondary N) is 2. The van der Waals surface area contributed by atoms with Gasteiger partial charge in [0.2, 0.25) is 5.95 Å². The van der Waals surface area contributed by atoms with E-state index in [-0.39, 0.29) is 23.1 Å². The Balaban J connectivity index is 1.49. The first-order chi connectivity index (χ1) is 15.2. The van der Waals surface area contributed by atoms with Gasteiger partial charge in [-0.2, -0.15) is 10.4 Å². The number of nitriles is 1. The molecule has 2 heterocycles. The SMILES string of the molecule is N#Cc1c(-c2ccccc2)nc(NN=Cc2ccc(C(=O)N3CCCC3)cc2)[nH]c1=O. The smallest absolute Gasteiger partial charge is 0.270 e. The van der Waals surface area contributed by atoms with Crippen LogP contribution in [0, 0.1) is 11.3 Å². The highest BCUT2D eigenvalue weighted by molar-refractivity contribution is 5.95. The topological polar surface area (TPSA) is 114 Å². The molecule has 0 saturated carbocycles. The van der Waals surface area contributed by atoms with Crippen LogP contribution in [0.15, 0.2) is 64.5 Å². The van der Waals surface area contributed by atoms with Gasteiger partial charge in [0, 0.05) is 24.2 Å². The highest BCUT2D eigenvalue weighted by atomic mass is 16.2. The van der Waals surface area contributed by atoms with Gasteiger partial charge in [0.15, 0.2) is 0 Å². The number of aromatic amines is 1. The first kappa shape index (κ1) is 20.0. The van der Waals surface area contributed by atoms with Crippen LogP contribution in [0.3, 0.4) is 0 Å². The molecule has 1 aliphatic heterocycles. The van der Waals surface area contributed by atoms with Gasteiger partial charge in [0.1, 0.15) is 11.6 Å². The summed E-state index contributed by atoms with van der Waals surface area (Å²) in [5.74, 6) is 0.173. The van der Waals surface area contributed by atoms with Crippen molar-refractivity contribution in [3.8, 4) is 17.3 Å². The molecule has 8 nitrogen and oxygen atoms in total. The lowest BCUT2D eigenvalue weighted by molar-refractivity contribution is 0.0793. The van der Waals surface area contributed by atoms with Crippen molar-refractivity contribution in [2.45, 2.75) is 12.8 Å². The lowest BCUT2D eigenvalue weighted by Gasteiger charge is -2.14. The zero-order valence-corrected chi connectivity index (χ0v) is 16.7. The molecule has 8 heteroatoms. The summed E-state index contributed by atoms with van der Waals surface area (Å²) in [6.45, 7) is 1.62. The van der Waals surface area contributed by atoms with Crippen molar-refractivity contribution in [3.05, 3.63) is 81.6 Å².